The van der Waals surface area contributed by atoms with E-state index in [1.54, 1.807) is 0 Å². The Labute approximate surface area is 332 Å². The molecule has 2 aliphatic rings. The Morgan fingerprint density at radius 2 is 1.39 bits per heavy atom. The van der Waals surface area contributed by atoms with Crippen LogP contribution in [0.2, 0.25) is 0 Å². The van der Waals surface area contributed by atoms with Gasteiger partial charge in [-0.3, -0.25) is 10.0 Å². The average molecular weight is 743 g/mol. The van der Waals surface area contributed by atoms with Gasteiger partial charge in [0.15, 0.2) is 0 Å². The van der Waals surface area contributed by atoms with Crippen molar-refractivity contribution in [3.63, 3.8) is 0 Å². The van der Waals surface area contributed by atoms with Gasteiger partial charge in [-0.1, -0.05) is 152 Å². The molecule has 4 nitrogen and oxygen atoms in total. The van der Waals surface area contributed by atoms with Gasteiger partial charge >= 0.3 is 0 Å². The molecule has 1 aromatic heterocycles. The van der Waals surface area contributed by atoms with E-state index in [1.807, 2.05) is 11.3 Å². The molecule has 0 bridgehead atoms. The van der Waals surface area contributed by atoms with Crippen LogP contribution < -0.4 is 5.32 Å². The Bertz CT molecular complexity index is 2830. The highest BCUT2D eigenvalue weighted by atomic mass is 32.1. The van der Waals surface area contributed by atoms with E-state index in [4.69, 9.17) is 4.99 Å². The zero-order valence-corrected chi connectivity index (χ0v) is 32.4. The molecule has 1 aliphatic heterocycles. The molecule has 0 radical (unpaired) electrons. The molecule has 8 aromatic rings. The fourth-order valence-electron chi connectivity index (χ4n) is 8.26. The van der Waals surface area contributed by atoms with Crippen molar-refractivity contribution in [3.05, 3.63) is 199 Å². The molecule has 0 amide bonds. The van der Waals surface area contributed by atoms with Crippen LogP contribution in [-0.2, 0) is 0 Å². The first-order valence-electron chi connectivity index (χ1n) is 19.4. The third-order valence-corrected chi connectivity index (χ3v) is 12.5. The van der Waals surface area contributed by atoms with Gasteiger partial charge in [0.1, 0.15) is 12.0 Å². The molecular weight excluding hydrogens is 701 g/mol. The Morgan fingerprint density at radius 3 is 2.21 bits per heavy atom. The van der Waals surface area contributed by atoms with Crippen molar-refractivity contribution in [3.8, 4) is 22.3 Å². The van der Waals surface area contributed by atoms with Crippen LogP contribution in [0.1, 0.15) is 30.6 Å². The first-order chi connectivity index (χ1) is 27.5. The topological polar surface area (TPSA) is 30.4 Å². The van der Waals surface area contributed by atoms with E-state index in [1.165, 1.54) is 64.3 Å². The van der Waals surface area contributed by atoms with Crippen LogP contribution >= 0.6 is 11.3 Å². The smallest absolute Gasteiger partial charge is 0.147 e. The first-order valence-corrected chi connectivity index (χ1v) is 20.2. The predicted octanol–water partition coefficient (Wildman–Crippen LogP) is 12.9. The minimum atomic E-state index is -0.274. The monoisotopic (exact) mass is 742 g/mol. The van der Waals surface area contributed by atoms with Gasteiger partial charge in [-0.05, 0) is 82.3 Å². The first kappa shape index (κ1) is 34.2. The number of amidine groups is 1. The van der Waals surface area contributed by atoms with Gasteiger partial charge < -0.3 is 5.32 Å². The van der Waals surface area contributed by atoms with E-state index in [0.29, 0.717) is 6.54 Å². The minimum absolute atomic E-state index is 0.180. The van der Waals surface area contributed by atoms with E-state index in [-0.39, 0.29) is 11.7 Å². The van der Waals surface area contributed by atoms with Crippen LogP contribution in [0.25, 0.3) is 53.2 Å². The van der Waals surface area contributed by atoms with E-state index in [2.05, 4.69) is 211 Å². The quantitative estimate of drug-likeness (QED) is 0.0955. The van der Waals surface area contributed by atoms with Crippen molar-refractivity contribution in [1.82, 2.24) is 10.0 Å². The van der Waals surface area contributed by atoms with Gasteiger partial charge in [-0.2, -0.15) is 5.01 Å². The highest BCUT2D eigenvalue weighted by Crippen LogP contribution is 2.43. The number of nitrogens with one attached hydrogen (secondary N) is 1. The Balaban J connectivity index is 0.955. The molecule has 1 aliphatic carbocycles. The van der Waals surface area contributed by atoms with Gasteiger partial charge in [0.05, 0.1) is 12.1 Å². The third-order valence-electron chi connectivity index (χ3n) is 11.3. The second-order valence-corrected chi connectivity index (χ2v) is 16.2. The summed E-state index contributed by atoms with van der Waals surface area (Å²) < 4.78 is 2.65. The number of anilines is 1. The van der Waals surface area contributed by atoms with E-state index >= 15 is 0 Å². The number of benzene rings is 7. The summed E-state index contributed by atoms with van der Waals surface area (Å²) in [5, 5.41) is 13.7. The molecule has 10 rings (SSSR count). The standard InChI is InChI=1S/C51H42N4S/c1-51(30-28-35(29-31-51)34-52-49(37-15-5-3-6-16-37)55-50(54(55)2)38-17-7-4-8-18-38)53-46-26-24-39(32-44(46)42-22-13-19-36-14-9-10-20-41(36)42)40-25-27-48-45(33-40)43-21-11-12-23-47(43)56-48/h3-30,32-33,50,53H,31,34H2,1-2H3/b52-49-/t50?,51?,54-,55?/m1/s1. The number of nitrogens with zero attached hydrogens (tertiary/aromatic N) is 3. The third kappa shape index (κ3) is 6.39. The van der Waals surface area contributed by atoms with Gasteiger partial charge in [-0.15, -0.1) is 11.3 Å². The molecule has 5 heteroatoms. The van der Waals surface area contributed by atoms with Gasteiger partial charge in [0.25, 0.3) is 0 Å². The number of aliphatic imine (C=N–C) groups is 1. The lowest BCUT2D eigenvalue weighted by Gasteiger charge is -2.32. The Kier molecular flexibility index (Phi) is 8.62. The summed E-state index contributed by atoms with van der Waals surface area (Å²) >= 11 is 1.86. The lowest BCUT2D eigenvalue weighted by atomic mass is 9.88. The number of rotatable bonds is 8. The summed E-state index contributed by atoms with van der Waals surface area (Å²) in [6, 6.07) is 59.1. The second-order valence-electron chi connectivity index (χ2n) is 15.2. The number of fused-ring (bicyclic) bond motifs is 4. The van der Waals surface area contributed by atoms with E-state index < -0.39 is 0 Å². The number of thiophene rings is 1. The van der Waals surface area contributed by atoms with E-state index in [0.717, 1.165) is 23.5 Å². The van der Waals surface area contributed by atoms with Crippen LogP contribution in [0.4, 0.5) is 5.69 Å². The summed E-state index contributed by atoms with van der Waals surface area (Å²) in [5.74, 6) is 0.994. The minimum Gasteiger partial charge on any atom is -0.376 e. The SMILES string of the molecule is C[N@]1C(c2ccccc2)N1/C(=N\CC1=CCC(C)(Nc2ccc(-c3ccc4sc5ccccc5c4c3)cc2-c2cccc3ccccc23)C=C1)c1ccccc1. The molecule has 1 fully saturated rings. The highest BCUT2D eigenvalue weighted by Gasteiger charge is 2.45. The molecule has 3 atom stereocenters. The summed E-state index contributed by atoms with van der Waals surface area (Å²) in [6.07, 6.45) is 7.97. The van der Waals surface area contributed by atoms with Crippen LogP contribution in [0.3, 0.4) is 0 Å². The molecule has 272 valence electrons. The van der Waals surface area contributed by atoms with Crippen molar-refractivity contribution in [2.24, 2.45) is 4.99 Å². The maximum absolute atomic E-state index is 5.25. The molecule has 7 aromatic carbocycles. The molecule has 0 saturated carbocycles. The molecule has 2 heterocycles. The van der Waals surface area contributed by atoms with E-state index in [9.17, 15) is 0 Å². The Morgan fingerprint density at radius 1 is 0.696 bits per heavy atom. The number of hydrogen-bond acceptors (Lipinski definition) is 4. The number of hydrogen-bond donors (Lipinski definition) is 1. The fraction of sp³-hybridized carbons (Fsp3) is 0.118. The normalized spacial score (nSPS) is 19.4. The molecule has 0 spiro atoms. The summed E-state index contributed by atoms with van der Waals surface area (Å²) in [4.78, 5) is 5.25. The summed E-state index contributed by atoms with van der Waals surface area (Å²) in [6.45, 7) is 2.91. The highest BCUT2D eigenvalue weighted by molar-refractivity contribution is 7.25. The molecule has 1 N–H and O–H groups in total. The zero-order chi connectivity index (χ0) is 37.6. The molecule has 1 saturated heterocycles. The van der Waals surface area contributed by atoms with Gasteiger partial charge in [0.2, 0.25) is 0 Å². The van der Waals surface area contributed by atoms with Crippen LogP contribution in [0, 0.1) is 0 Å². The van der Waals surface area contributed by atoms with Crippen molar-refractivity contribution < 1.29 is 0 Å². The number of hydrazine groups is 1. The van der Waals surface area contributed by atoms with Crippen LogP contribution in [-0.4, -0.2) is 35.0 Å². The molecule has 2 unspecified atom stereocenters. The maximum atomic E-state index is 5.25. The van der Waals surface area contributed by atoms with Crippen molar-refractivity contribution in [2.45, 2.75) is 25.0 Å². The van der Waals surface area contributed by atoms with Crippen molar-refractivity contribution >= 4 is 53.8 Å². The predicted molar refractivity (Wildman–Crippen MR) is 238 cm³/mol. The zero-order valence-electron chi connectivity index (χ0n) is 31.6. The lowest BCUT2D eigenvalue weighted by molar-refractivity contribution is 0.478. The average Bonchev–Trinajstić information content (AvgIpc) is 3.76. The van der Waals surface area contributed by atoms with Crippen LogP contribution in [0.15, 0.2) is 193 Å². The Hall–Kier alpha value is -6.27. The maximum Gasteiger partial charge on any atom is 0.147 e. The second kappa shape index (κ2) is 14.1. The largest absolute Gasteiger partial charge is 0.376 e. The van der Waals surface area contributed by atoms with Crippen molar-refractivity contribution in [1.29, 1.82) is 0 Å². The summed E-state index contributed by atoms with van der Waals surface area (Å²) in [7, 11) is 2.13. The van der Waals surface area contributed by atoms with Crippen LogP contribution in [0.5, 0.6) is 0 Å². The molecule has 56 heavy (non-hydrogen) atoms. The lowest BCUT2D eigenvalue weighted by Crippen LogP contribution is -2.33. The van der Waals surface area contributed by atoms with Gasteiger partial charge in [-0.25, -0.2) is 0 Å². The van der Waals surface area contributed by atoms with Gasteiger partial charge in [0, 0.05) is 44.0 Å². The summed E-state index contributed by atoms with van der Waals surface area (Å²) in [5.41, 5.74) is 9.33. The van der Waals surface area contributed by atoms with Crippen molar-refractivity contribution in [2.75, 3.05) is 18.9 Å². The fourth-order valence-corrected chi connectivity index (χ4v) is 9.35. The molecular formula is C51H42N4S.